The average Bonchev–Trinajstić information content (AvgIpc) is 3.18. The Bertz CT molecular complexity index is 1470. The molecule has 7 nitrogen and oxygen atoms in total. The van der Waals surface area contributed by atoms with Gasteiger partial charge in [0, 0.05) is 29.6 Å². The van der Waals surface area contributed by atoms with Crippen LogP contribution in [0.2, 0.25) is 0 Å². The van der Waals surface area contributed by atoms with Gasteiger partial charge in [0.1, 0.15) is 5.69 Å². The largest absolute Gasteiger partial charge is 0.363 e. The predicted molar refractivity (Wildman–Crippen MR) is 108 cm³/mol. The molecule has 0 bridgehead atoms. The number of pyridine rings is 1. The number of carbonyl (C=O) groups is 1. The van der Waals surface area contributed by atoms with Crippen LogP contribution in [0.3, 0.4) is 0 Å². The van der Waals surface area contributed by atoms with Crippen LogP contribution in [0.1, 0.15) is 34.1 Å². The third-order valence-corrected chi connectivity index (χ3v) is 5.81. The molecule has 0 aliphatic carbocycles. The van der Waals surface area contributed by atoms with Crippen LogP contribution in [0, 0.1) is 23.3 Å². The molecule has 0 saturated heterocycles. The third-order valence-electron chi connectivity index (χ3n) is 5.81. The molecule has 1 aliphatic rings. The molecule has 33 heavy (non-hydrogen) atoms. The lowest BCUT2D eigenvalue weighted by atomic mass is 9.94. The summed E-state index contributed by atoms with van der Waals surface area (Å²) in [6, 6.07) is 3.87. The molecule has 2 atom stereocenters. The highest BCUT2D eigenvalue weighted by molar-refractivity contribution is 5.98. The average molecular weight is 461 g/mol. The van der Waals surface area contributed by atoms with Crippen molar-refractivity contribution in [3.05, 3.63) is 80.9 Å². The van der Waals surface area contributed by atoms with Gasteiger partial charge in [-0.3, -0.25) is 9.59 Å². The molecule has 3 heterocycles. The SMILES string of the molecule is CN(C(=O)c1cc2cc(F)c(F)cc2[nH]1)[C@H]1COC(O)c2[nH]c(=O)c3cc(F)c(F)cc3c21. The first-order valence-corrected chi connectivity index (χ1v) is 9.75. The number of H-pyrrole nitrogens is 2. The van der Waals surface area contributed by atoms with Crippen molar-refractivity contribution in [3.8, 4) is 0 Å². The van der Waals surface area contributed by atoms with Crippen LogP contribution in [0.25, 0.3) is 21.7 Å². The van der Waals surface area contributed by atoms with E-state index in [0.717, 1.165) is 24.3 Å². The minimum atomic E-state index is -1.55. The maximum absolute atomic E-state index is 14.1. The van der Waals surface area contributed by atoms with Crippen molar-refractivity contribution in [3.63, 3.8) is 0 Å². The molecule has 4 aromatic rings. The van der Waals surface area contributed by atoms with Crippen molar-refractivity contribution in [1.82, 2.24) is 14.9 Å². The number of amides is 1. The molecule has 11 heteroatoms. The highest BCUT2D eigenvalue weighted by Crippen LogP contribution is 2.37. The van der Waals surface area contributed by atoms with E-state index in [9.17, 15) is 32.3 Å². The molecule has 170 valence electrons. The first kappa shape index (κ1) is 21.2. The second-order valence-electron chi connectivity index (χ2n) is 7.75. The minimum Gasteiger partial charge on any atom is -0.363 e. The number of ether oxygens (including phenoxy) is 1. The molecule has 5 rings (SSSR count). The van der Waals surface area contributed by atoms with Gasteiger partial charge in [0.05, 0.1) is 23.7 Å². The van der Waals surface area contributed by atoms with E-state index in [2.05, 4.69) is 9.97 Å². The summed E-state index contributed by atoms with van der Waals surface area (Å²) >= 11 is 0. The van der Waals surface area contributed by atoms with Crippen molar-refractivity contribution in [2.24, 2.45) is 0 Å². The molecular weight excluding hydrogens is 446 g/mol. The van der Waals surface area contributed by atoms with Gasteiger partial charge in [-0.1, -0.05) is 0 Å². The smallest absolute Gasteiger partial charge is 0.270 e. The van der Waals surface area contributed by atoms with Gasteiger partial charge in [0.15, 0.2) is 29.6 Å². The van der Waals surface area contributed by atoms with Gasteiger partial charge in [-0.2, -0.15) is 0 Å². The molecule has 1 aliphatic heterocycles. The lowest BCUT2D eigenvalue weighted by Crippen LogP contribution is -2.39. The summed E-state index contributed by atoms with van der Waals surface area (Å²) in [5, 5.41) is 10.4. The Hall–Kier alpha value is -3.70. The molecule has 2 aromatic carbocycles. The van der Waals surface area contributed by atoms with Gasteiger partial charge >= 0.3 is 0 Å². The van der Waals surface area contributed by atoms with Crippen molar-refractivity contribution in [2.75, 3.05) is 13.7 Å². The second-order valence-corrected chi connectivity index (χ2v) is 7.75. The van der Waals surface area contributed by atoms with Gasteiger partial charge in [-0.05, 0) is 29.7 Å². The van der Waals surface area contributed by atoms with Crippen molar-refractivity contribution >= 4 is 27.6 Å². The highest BCUT2D eigenvalue weighted by atomic mass is 19.2. The monoisotopic (exact) mass is 461 g/mol. The summed E-state index contributed by atoms with van der Waals surface area (Å²) in [4.78, 5) is 31.9. The number of aromatic nitrogens is 2. The number of nitrogens with zero attached hydrogens (tertiary/aromatic N) is 1. The van der Waals surface area contributed by atoms with Crippen molar-refractivity contribution in [2.45, 2.75) is 12.3 Å². The zero-order valence-electron chi connectivity index (χ0n) is 16.9. The fourth-order valence-electron chi connectivity index (χ4n) is 4.14. The number of carbonyl (C=O) groups excluding carboxylic acids is 1. The number of aromatic amines is 2. The number of nitrogens with one attached hydrogen (secondary N) is 2. The van der Waals surface area contributed by atoms with Gasteiger partial charge in [-0.25, -0.2) is 17.6 Å². The molecule has 0 spiro atoms. The van der Waals surface area contributed by atoms with Crippen LogP contribution in [-0.2, 0) is 4.74 Å². The number of benzene rings is 2. The summed E-state index contributed by atoms with van der Waals surface area (Å²) < 4.78 is 60.2. The van der Waals surface area contributed by atoms with Crippen molar-refractivity contribution in [1.29, 1.82) is 0 Å². The number of aliphatic hydroxyl groups excluding tert-OH is 1. The van der Waals surface area contributed by atoms with Crippen molar-refractivity contribution < 1.29 is 32.2 Å². The Balaban J connectivity index is 1.63. The molecule has 2 aromatic heterocycles. The zero-order valence-corrected chi connectivity index (χ0v) is 16.9. The molecule has 1 amide bonds. The fourth-order valence-corrected chi connectivity index (χ4v) is 4.14. The number of fused-ring (bicyclic) bond motifs is 4. The first-order chi connectivity index (χ1) is 15.7. The maximum atomic E-state index is 14.1. The van der Waals surface area contributed by atoms with E-state index in [1.54, 1.807) is 0 Å². The second kappa shape index (κ2) is 7.42. The van der Waals surface area contributed by atoms with Crippen LogP contribution < -0.4 is 5.56 Å². The van der Waals surface area contributed by atoms with E-state index in [4.69, 9.17) is 4.74 Å². The standard InChI is InChI=1S/C22H15F4N3O4/c1-29(21(31)16-3-8-2-11(23)14(26)6-15(8)27-16)17-7-33-22(32)19-18(17)9-4-12(24)13(25)5-10(9)20(30)28-19/h2-6,17,22,27,32H,7H2,1H3,(H,28,30)/t17-,22?/m0/s1. The summed E-state index contributed by atoms with van der Waals surface area (Å²) in [7, 11) is 1.40. The molecule has 0 radical (unpaired) electrons. The molecule has 1 unspecified atom stereocenters. The normalized spacial score (nSPS) is 18.0. The molecule has 0 saturated carbocycles. The Labute approximate surface area is 182 Å². The van der Waals surface area contributed by atoms with Gasteiger partial charge in [0.25, 0.3) is 11.5 Å². The van der Waals surface area contributed by atoms with Gasteiger partial charge in [-0.15, -0.1) is 0 Å². The zero-order chi connectivity index (χ0) is 23.6. The van der Waals surface area contributed by atoms with E-state index in [0.29, 0.717) is 0 Å². The molecular formula is C22H15F4N3O4. The van der Waals surface area contributed by atoms with Gasteiger partial charge < -0.3 is 24.7 Å². The third kappa shape index (κ3) is 3.28. The lowest BCUT2D eigenvalue weighted by Gasteiger charge is -2.35. The topological polar surface area (TPSA) is 98.4 Å². The lowest BCUT2D eigenvalue weighted by molar-refractivity contribution is -0.129. The van der Waals surface area contributed by atoms with E-state index in [-0.39, 0.29) is 45.2 Å². The van der Waals surface area contributed by atoms with Crippen LogP contribution in [0.4, 0.5) is 17.6 Å². The summed E-state index contributed by atoms with van der Waals surface area (Å²) in [5.74, 6) is -5.18. The molecule has 3 N–H and O–H groups in total. The highest BCUT2D eigenvalue weighted by Gasteiger charge is 2.35. The number of rotatable bonds is 2. The number of likely N-dealkylation sites (N-methyl/N-ethyl adjacent to an activating group) is 1. The summed E-state index contributed by atoms with van der Waals surface area (Å²) in [6.07, 6.45) is -1.55. The Morgan fingerprint density at radius 3 is 2.36 bits per heavy atom. The quantitative estimate of drug-likeness (QED) is 0.399. The molecule has 0 fully saturated rings. The Morgan fingerprint density at radius 1 is 1.00 bits per heavy atom. The Morgan fingerprint density at radius 2 is 1.64 bits per heavy atom. The summed E-state index contributed by atoms with van der Waals surface area (Å²) in [5.41, 5.74) is -0.453. The van der Waals surface area contributed by atoms with Gasteiger partial charge in [0.2, 0.25) is 0 Å². The van der Waals surface area contributed by atoms with Crippen LogP contribution in [-0.4, -0.2) is 39.5 Å². The van der Waals surface area contributed by atoms with Crippen LogP contribution >= 0.6 is 0 Å². The van der Waals surface area contributed by atoms with E-state index in [1.807, 2.05) is 0 Å². The minimum absolute atomic E-state index is 0.0103. The maximum Gasteiger partial charge on any atom is 0.270 e. The number of aliphatic hydroxyl groups is 1. The van der Waals surface area contributed by atoms with E-state index < -0.39 is 47.1 Å². The van der Waals surface area contributed by atoms with Crippen LogP contribution in [0.15, 0.2) is 35.1 Å². The predicted octanol–water partition coefficient (Wildman–Crippen LogP) is 3.40. The van der Waals surface area contributed by atoms with Crippen LogP contribution in [0.5, 0.6) is 0 Å². The number of hydrogen-bond donors (Lipinski definition) is 3. The summed E-state index contributed by atoms with van der Waals surface area (Å²) in [6.45, 7) is -0.222. The van der Waals surface area contributed by atoms with E-state index in [1.165, 1.54) is 18.0 Å². The van der Waals surface area contributed by atoms with E-state index >= 15 is 0 Å². The number of hydrogen-bond acceptors (Lipinski definition) is 4. The first-order valence-electron chi connectivity index (χ1n) is 9.75. The number of halogens is 4. The Kier molecular flexibility index (Phi) is 4.76. The fraction of sp³-hybridized carbons (Fsp3) is 0.182.